The van der Waals surface area contributed by atoms with Crippen LogP contribution in [0, 0.1) is 0 Å². The Labute approximate surface area is 79.7 Å². The van der Waals surface area contributed by atoms with Gasteiger partial charge in [0.05, 0.1) is 0 Å². The van der Waals surface area contributed by atoms with Crippen LogP contribution in [0.2, 0.25) is 0 Å². The predicted octanol–water partition coefficient (Wildman–Crippen LogP) is 3.00. The minimum Gasteiger partial charge on any atom is -0.344 e. The monoisotopic (exact) mass is 173 g/mol. The molecule has 68 valence electrons. The molecule has 0 aliphatic carbocycles. The summed E-state index contributed by atoms with van der Waals surface area (Å²) in [7, 11) is 0. The van der Waals surface area contributed by atoms with E-state index in [4.69, 9.17) is 0 Å². The normalized spacial score (nSPS) is 19.6. The molecule has 13 heavy (non-hydrogen) atoms. The standard InChI is InChI=1S/C12H15N/c1-2-5-11-7-9-13-8-4-3-6-12(13)10-11/h3-4,6-7,9-10H,2,5,8H2,1H3. The van der Waals surface area contributed by atoms with Gasteiger partial charge in [0, 0.05) is 18.4 Å². The van der Waals surface area contributed by atoms with Crippen molar-refractivity contribution in [1.82, 2.24) is 4.90 Å². The molecule has 0 N–H and O–H groups in total. The molecule has 1 nitrogen and oxygen atoms in total. The van der Waals surface area contributed by atoms with Gasteiger partial charge in [-0.2, -0.15) is 0 Å². The van der Waals surface area contributed by atoms with E-state index in [0.717, 1.165) is 6.54 Å². The third kappa shape index (κ3) is 1.74. The summed E-state index contributed by atoms with van der Waals surface area (Å²) < 4.78 is 0. The van der Waals surface area contributed by atoms with Gasteiger partial charge in [-0.25, -0.2) is 0 Å². The third-order valence-corrected chi connectivity index (χ3v) is 2.38. The second-order valence-corrected chi connectivity index (χ2v) is 3.46. The summed E-state index contributed by atoms with van der Waals surface area (Å²) in [4.78, 5) is 2.26. The maximum Gasteiger partial charge on any atom is 0.0411 e. The maximum absolute atomic E-state index is 2.28. The lowest BCUT2D eigenvalue weighted by atomic mass is 10.1. The zero-order valence-corrected chi connectivity index (χ0v) is 8.03. The number of rotatable bonds is 2. The predicted molar refractivity (Wildman–Crippen MR) is 56.1 cm³/mol. The Morgan fingerprint density at radius 3 is 3.23 bits per heavy atom. The van der Waals surface area contributed by atoms with Crippen molar-refractivity contribution in [1.29, 1.82) is 0 Å². The van der Waals surface area contributed by atoms with Crippen molar-refractivity contribution in [3.05, 3.63) is 47.9 Å². The van der Waals surface area contributed by atoms with E-state index >= 15 is 0 Å². The van der Waals surface area contributed by atoms with Crippen LogP contribution in [0.4, 0.5) is 0 Å². The molecule has 2 aliphatic rings. The van der Waals surface area contributed by atoms with Crippen molar-refractivity contribution < 1.29 is 0 Å². The van der Waals surface area contributed by atoms with Crippen LogP contribution in [0.15, 0.2) is 47.9 Å². The van der Waals surface area contributed by atoms with Gasteiger partial charge < -0.3 is 4.90 Å². The van der Waals surface area contributed by atoms with Crippen LogP contribution >= 0.6 is 0 Å². The maximum atomic E-state index is 2.28. The fourth-order valence-corrected chi connectivity index (χ4v) is 1.69. The van der Waals surface area contributed by atoms with Crippen molar-refractivity contribution in [2.45, 2.75) is 19.8 Å². The van der Waals surface area contributed by atoms with Crippen molar-refractivity contribution in [2.24, 2.45) is 0 Å². The van der Waals surface area contributed by atoms with Gasteiger partial charge >= 0.3 is 0 Å². The van der Waals surface area contributed by atoms with Crippen LogP contribution in [0.5, 0.6) is 0 Å². The number of fused-ring (bicyclic) bond motifs is 1. The molecule has 0 unspecified atom stereocenters. The van der Waals surface area contributed by atoms with Gasteiger partial charge in [-0.1, -0.05) is 25.5 Å². The van der Waals surface area contributed by atoms with Crippen LogP contribution in [-0.4, -0.2) is 11.4 Å². The molecule has 1 heteroatoms. The molecule has 0 saturated heterocycles. The molecule has 0 amide bonds. The SMILES string of the molecule is CCCC1=CC2=CC=CCN2C=C1. The average molecular weight is 173 g/mol. The van der Waals surface area contributed by atoms with Crippen LogP contribution in [0.1, 0.15) is 19.8 Å². The lowest BCUT2D eigenvalue weighted by Gasteiger charge is -2.26. The van der Waals surface area contributed by atoms with Gasteiger partial charge in [0.25, 0.3) is 0 Å². The van der Waals surface area contributed by atoms with Crippen LogP contribution in [0.25, 0.3) is 0 Å². The highest BCUT2D eigenvalue weighted by molar-refractivity contribution is 5.38. The first-order chi connectivity index (χ1) is 6.40. The van der Waals surface area contributed by atoms with Crippen molar-refractivity contribution in [3.8, 4) is 0 Å². The highest BCUT2D eigenvalue weighted by Crippen LogP contribution is 2.21. The fraction of sp³-hybridized carbons (Fsp3) is 0.333. The zero-order valence-electron chi connectivity index (χ0n) is 8.03. The minimum absolute atomic E-state index is 1.01. The summed E-state index contributed by atoms with van der Waals surface area (Å²) in [6.45, 7) is 3.23. The summed E-state index contributed by atoms with van der Waals surface area (Å²) in [5.41, 5.74) is 2.77. The second kappa shape index (κ2) is 3.65. The Hall–Kier alpha value is -1.24. The Morgan fingerprint density at radius 1 is 1.46 bits per heavy atom. The molecular formula is C12H15N. The molecule has 0 saturated carbocycles. The van der Waals surface area contributed by atoms with E-state index in [1.165, 1.54) is 24.1 Å². The van der Waals surface area contributed by atoms with E-state index in [1.54, 1.807) is 0 Å². The van der Waals surface area contributed by atoms with Crippen molar-refractivity contribution in [2.75, 3.05) is 6.54 Å². The first-order valence-corrected chi connectivity index (χ1v) is 4.92. The fourth-order valence-electron chi connectivity index (χ4n) is 1.69. The Balaban J connectivity index is 2.18. The molecule has 0 aromatic heterocycles. The average Bonchev–Trinajstić information content (AvgIpc) is 2.18. The van der Waals surface area contributed by atoms with Crippen LogP contribution in [-0.2, 0) is 0 Å². The minimum atomic E-state index is 1.01. The highest BCUT2D eigenvalue weighted by Gasteiger charge is 2.09. The first kappa shape index (κ1) is 8.36. The summed E-state index contributed by atoms with van der Waals surface area (Å²) in [6.07, 6.45) is 15.6. The summed E-state index contributed by atoms with van der Waals surface area (Å²) in [5, 5.41) is 0. The number of hydrogen-bond donors (Lipinski definition) is 0. The molecule has 0 bridgehead atoms. The molecule has 2 heterocycles. The number of nitrogens with zero attached hydrogens (tertiary/aromatic N) is 1. The third-order valence-electron chi connectivity index (χ3n) is 2.38. The zero-order chi connectivity index (χ0) is 9.10. The molecule has 2 rings (SSSR count). The first-order valence-electron chi connectivity index (χ1n) is 4.92. The van der Waals surface area contributed by atoms with Crippen molar-refractivity contribution in [3.63, 3.8) is 0 Å². The summed E-state index contributed by atoms with van der Waals surface area (Å²) in [5.74, 6) is 0. The van der Waals surface area contributed by atoms with E-state index in [0.29, 0.717) is 0 Å². The number of hydrogen-bond acceptors (Lipinski definition) is 1. The number of allylic oxidation sites excluding steroid dienone is 5. The molecular weight excluding hydrogens is 158 g/mol. The van der Waals surface area contributed by atoms with E-state index in [1.807, 2.05) is 0 Å². The molecule has 0 spiro atoms. The highest BCUT2D eigenvalue weighted by atomic mass is 15.1. The van der Waals surface area contributed by atoms with E-state index in [2.05, 4.69) is 48.4 Å². The van der Waals surface area contributed by atoms with Gasteiger partial charge in [-0.05, 0) is 30.2 Å². The Morgan fingerprint density at radius 2 is 2.38 bits per heavy atom. The van der Waals surface area contributed by atoms with E-state index in [9.17, 15) is 0 Å². The van der Waals surface area contributed by atoms with Crippen molar-refractivity contribution >= 4 is 0 Å². The summed E-state index contributed by atoms with van der Waals surface area (Å²) in [6, 6.07) is 0. The quantitative estimate of drug-likeness (QED) is 0.620. The van der Waals surface area contributed by atoms with Gasteiger partial charge in [0.15, 0.2) is 0 Å². The van der Waals surface area contributed by atoms with Gasteiger partial charge in [-0.3, -0.25) is 0 Å². The molecule has 0 aromatic rings. The lowest BCUT2D eigenvalue weighted by Crippen LogP contribution is -2.19. The summed E-state index contributed by atoms with van der Waals surface area (Å²) >= 11 is 0. The molecule has 0 atom stereocenters. The van der Waals surface area contributed by atoms with E-state index in [-0.39, 0.29) is 0 Å². The molecule has 2 aliphatic heterocycles. The topological polar surface area (TPSA) is 3.24 Å². The molecule has 0 aromatic carbocycles. The van der Waals surface area contributed by atoms with Crippen LogP contribution in [0.3, 0.4) is 0 Å². The van der Waals surface area contributed by atoms with Gasteiger partial charge in [0.2, 0.25) is 0 Å². The van der Waals surface area contributed by atoms with Gasteiger partial charge in [0.1, 0.15) is 0 Å². The smallest absolute Gasteiger partial charge is 0.0411 e. The molecule has 0 fully saturated rings. The van der Waals surface area contributed by atoms with Crippen LogP contribution < -0.4 is 0 Å². The van der Waals surface area contributed by atoms with E-state index < -0.39 is 0 Å². The molecule has 0 radical (unpaired) electrons. The largest absolute Gasteiger partial charge is 0.344 e. The second-order valence-electron chi connectivity index (χ2n) is 3.46. The Kier molecular flexibility index (Phi) is 2.35. The Bertz CT molecular complexity index is 305. The van der Waals surface area contributed by atoms with Gasteiger partial charge in [-0.15, -0.1) is 0 Å². The lowest BCUT2D eigenvalue weighted by molar-refractivity contribution is 0.520.